The number of allylic oxidation sites excluding steroid dienone is 1. The van der Waals surface area contributed by atoms with Crippen LogP contribution in [0.2, 0.25) is 0 Å². The van der Waals surface area contributed by atoms with Gasteiger partial charge in [-0.15, -0.1) is 23.5 Å². The Balaban J connectivity index is 1.80. The van der Waals surface area contributed by atoms with Crippen LogP contribution in [0.3, 0.4) is 0 Å². The molecule has 0 aliphatic carbocycles. The highest BCUT2D eigenvalue weighted by Crippen LogP contribution is 2.37. The maximum atomic E-state index is 12.4. The second kappa shape index (κ2) is 7.81. The zero-order valence-electron chi connectivity index (χ0n) is 12.8. The van der Waals surface area contributed by atoms with Crippen molar-refractivity contribution in [2.75, 3.05) is 18.3 Å². The summed E-state index contributed by atoms with van der Waals surface area (Å²) in [5.41, 5.74) is 0.618. The van der Waals surface area contributed by atoms with E-state index in [1.54, 1.807) is 24.3 Å². The summed E-state index contributed by atoms with van der Waals surface area (Å²) < 4.78 is 11.1. The molecule has 3 rings (SSSR count). The maximum Gasteiger partial charge on any atom is 0.341 e. The van der Waals surface area contributed by atoms with Crippen molar-refractivity contribution < 1.29 is 24.2 Å². The third-order valence-corrected chi connectivity index (χ3v) is 6.12. The first-order chi connectivity index (χ1) is 11.6. The van der Waals surface area contributed by atoms with Gasteiger partial charge in [0.1, 0.15) is 5.57 Å². The molecule has 2 aliphatic rings. The van der Waals surface area contributed by atoms with Gasteiger partial charge in [-0.3, -0.25) is 4.79 Å². The Kier molecular flexibility index (Phi) is 5.52. The molecular weight excluding hydrogens is 348 g/mol. The highest BCUT2D eigenvalue weighted by atomic mass is 32.2. The smallest absolute Gasteiger partial charge is 0.341 e. The van der Waals surface area contributed by atoms with Crippen molar-refractivity contribution in [1.82, 2.24) is 0 Å². The van der Waals surface area contributed by atoms with E-state index in [2.05, 4.69) is 0 Å². The minimum Gasteiger partial charge on any atom is -0.477 e. The molecule has 1 aromatic carbocycles. The fourth-order valence-electron chi connectivity index (χ4n) is 2.29. The van der Waals surface area contributed by atoms with Gasteiger partial charge >= 0.3 is 5.97 Å². The summed E-state index contributed by atoms with van der Waals surface area (Å²) in [5.74, 6) is 1.31. The quantitative estimate of drug-likeness (QED) is 0.497. The topological polar surface area (TPSA) is 72.8 Å². The van der Waals surface area contributed by atoms with E-state index in [9.17, 15) is 14.7 Å². The Labute approximate surface area is 148 Å². The molecule has 2 heterocycles. The van der Waals surface area contributed by atoms with Crippen LogP contribution in [0.5, 0.6) is 11.5 Å². The molecule has 1 N–H and O–H groups in total. The lowest BCUT2D eigenvalue weighted by molar-refractivity contribution is -0.134. The number of carbonyl (C=O) groups is 2. The molecule has 24 heavy (non-hydrogen) atoms. The second-order valence-electron chi connectivity index (χ2n) is 5.18. The van der Waals surface area contributed by atoms with Crippen molar-refractivity contribution >= 4 is 41.4 Å². The van der Waals surface area contributed by atoms with Crippen LogP contribution in [-0.2, 0) is 9.59 Å². The summed E-state index contributed by atoms with van der Waals surface area (Å²) in [4.78, 5) is 23.9. The van der Waals surface area contributed by atoms with E-state index in [0.29, 0.717) is 15.7 Å². The third kappa shape index (κ3) is 3.96. The Morgan fingerprint density at radius 1 is 1.08 bits per heavy atom. The molecule has 0 bridgehead atoms. The molecule has 1 saturated heterocycles. The average molecular weight is 364 g/mol. The number of ketones is 1. The summed E-state index contributed by atoms with van der Waals surface area (Å²) in [6.07, 6.45) is 4.98. The van der Waals surface area contributed by atoms with Gasteiger partial charge in [0, 0.05) is 0 Å². The molecule has 0 aromatic heterocycles. The number of carbonyl (C=O) groups excluding carboxylic acids is 1. The Bertz CT molecular complexity index is 714. The predicted octanol–water partition coefficient (Wildman–Crippen LogP) is 3.55. The summed E-state index contributed by atoms with van der Waals surface area (Å²) >= 11 is 2.91. The number of benzene rings is 1. The number of thioether (sulfide) groups is 2. The number of aliphatic carboxylic acids is 1. The fourth-order valence-corrected chi connectivity index (χ4v) is 4.85. The van der Waals surface area contributed by atoms with Crippen molar-refractivity contribution in [3.63, 3.8) is 0 Å². The molecule has 126 valence electrons. The molecule has 5 nitrogen and oxygen atoms in total. The van der Waals surface area contributed by atoms with E-state index in [1.807, 2.05) is 0 Å². The van der Waals surface area contributed by atoms with Gasteiger partial charge in [0.25, 0.3) is 0 Å². The van der Waals surface area contributed by atoms with Gasteiger partial charge < -0.3 is 14.6 Å². The van der Waals surface area contributed by atoms with E-state index < -0.39 is 11.8 Å². The van der Waals surface area contributed by atoms with Crippen molar-refractivity contribution in [1.29, 1.82) is 0 Å². The number of rotatable bonds is 4. The standard InChI is InChI=1S/C17H16O5S2/c18-12(15(16(19)20)17-23-7-1-2-8-24-17)5-3-11-4-6-13-14(9-11)22-10-21-13/h3-6,9H,1-2,7-8,10H2,(H,19,20)/b5-3+. The fraction of sp³-hybridized carbons (Fsp3) is 0.294. The van der Waals surface area contributed by atoms with Crippen LogP contribution in [0, 0.1) is 0 Å². The van der Waals surface area contributed by atoms with E-state index in [1.165, 1.54) is 29.6 Å². The number of hydrogen-bond donors (Lipinski definition) is 1. The van der Waals surface area contributed by atoms with Crippen LogP contribution in [0.4, 0.5) is 0 Å². The van der Waals surface area contributed by atoms with Gasteiger partial charge in [0.05, 0.1) is 4.24 Å². The largest absolute Gasteiger partial charge is 0.477 e. The minimum atomic E-state index is -1.17. The monoisotopic (exact) mass is 364 g/mol. The highest BCUT2D eigenvalue weighted by molar-refractivity contribution is 8.22. The number of fused-ring (bicyclic) bond motifs is 1. The van der Waals surface area contributed by atoms with Crippen LogP contribution < -0.4 is 9.47 Å². The lowest BCUT2D eigenvalue weighted by atomic mass is 10.1. The Morgan fingerprint density at radius 2 is 1.79 bits per heavy atom. The maximum absolute atomic E-state index is 12.4. The van der Waals surface area contributed by atoms with Crippen LogP contribution in [0.25, 0.3) is 6.08 Å². The molecule has 0 atom stereocenters. The molecule has 1 fully saturated rings. The normalized spacial score (nSPS) is 16.9. The first-order valence-corrected chi connectivity index (χ1v) is 9.47. The van der Waals surface area contributed by atoms with Crippen LogP contribution >= 0.6 is 23.5 Å². The van der Waals surface area contributed by atoms with E-state index in [-0.39, 0.29) is 12.4 Å². The van der Waals surface area contributed by atoms with Gasteiger partial charge in [0.15, 0.2) is 17.3 Å². The first-order valence-electron chi connectivity index (χ1n) is 7.50. The molecule has 7 heteroatoms. The average Bonchev–Trinajstić information content (AvgIpc) is 2.87. The lowest BCUT2D eigenvalue weighted by Crippen LogP contribution is -2.11. The van der Waals surface area contributed by atoms with Gasteiger partial charge in [0.2, 0.25) is 6.79 Å². The van der Waals surface area contributed by atoms with E-state index >= 15 is 0 Å². The molecule has 0 saturated carbocycles. The molecule has 0 spiro atoms. The molecule has 0 radical (unpaired) electrons. The molecule has 2 aliphatic heterocycles. The summed E-state index contributed by atoms with van der Waals surface area (Å²) in [5, 5.41) is 9.44. The molecule has 0 amide bonds. The van der Waals surface area contributed by atoms with E-state index in [4.69, 9.17) is 9.47 Å². The van der Waals surface area contributed by atoms with Crippen LogP contribution in [0.15, 0.2) is 34.1 Å². The number of hydrogen-bond acceptors (Lipinski definition) is 6. The summed E-state index contributed by atoms with van der Waals surface area (Å²) in [6.45, 7) is 0.186. The first kappa shape index (κ1) is 17.0. The molecule has 0 unspecified atom stereocenters. The van der Waals surface area contributed by atoms with Gasteiger partial charge in [-0.1, -0.05) is 12.1 Å². The number of carboxylic acid groups (broad SMARTS) is 1. The minimum absolute atomic E-state index is 0.135. The molecular formula is C17H16O5S2. The summed E-state index contributed by atoms with van der Waals surface area (Å²) in [6, 6.07) is 5.31. The SMILES string of the molecule is O=C(O)C(C(=O)/C=C/c1ccc2c(c1)OCO2)=C1SCCCCS1. The zero-order chi connectivity index (χ0) is 16.9. The zero-order valence-corrected chi connectivity index (χ0v) is 14.5. The highest BCUT2D eigenvalue weighted by Gasteiger charge is 2.22. The third-order valence-electron chi connectivity index (χ3n) is 3.49. The summed E-state index contributed by atoms with van der Waals surface area (Å²) in [7, 11) is 0. The lowest BCUT2D eigenvalue weighted by Gasteiger charge is -2.06. The molecule has 1 aromatic rings. The predicted molar refractivity (Wildman–Crippen MR) is 95.4 cm³/mol. The van der Waals surface area contributed by atoms with Crippen LogP contribution in [-0.4, -0.2) is 35.2 Å². The van der Waals surface area contributed by atoms with Crippen molar-refractivity contribution in [3.05, 3.63) is 39.6 Å². The Hall–Kier alpha value is -1.86. The second-order valence-corrected chi connectivity index (χ2v) is 7.65. The number of ether oxygens (including phenoxy) is 2. The van der Waals surface area contributed by atoms with Gasteiger partial charge in [-0.05, 0) is 48.1 Å². The van der Waals surface area contributed by atoms with Crippen LogP contribution in [0.1, 0.15) is 18.4 Å². The van der Waals surface area contributed by atoms with Crippen molar-refractivity contribution in [2.45, 2.75) is 12.8 Å². The van der Waals surface area contributed by atoms with E-state index in [0.717, 1.165) is 29.9 Å². The van der Waals surface area contributed by atoms with Gasteiger partial charge in [-0.2, -0.15) is 0 Å². The van der Waals surface area contributed by atoms with Gasteiger partial charge in [-0.25, -0.2) is 4.79 Å². The van der Waals surface area contributed by atoms with Crippen molar-refractivity contribution in [3.8, 4) is 11.5 Å². The Morgan fingerprint density at radius 3 is 2.50 bits per heavy atom. The van der Waals surface area contributed by atoms with Crippen molar-refractivity contribution in [2.24, 2.45) is 0 Å². The number of carboxylic acids is 1.